The first-order valence-electron chi connectivity index (χ1n) is 6.22. The Morgan fingerprint density at radius 2 is 2.22 bits per heavy atom. The summed E-state index contributed by atoms with van der Waals surface area (Å²) in [6.45, 7) is 3.25. The minimum Gasteiger partial charge on any atom is -0.355 e. The zero-order chi connectivity index (χ0) is 13.0. The number of amides is 1. The van der Waals surface area contributed by atoms with E-state index >= 15 is 0 Å². The van der Waals surface area contributed by atoms with Gasteiger partial charge in [0.15, 0.2) is 0 Å². The molecule has 1 N–H and O–H groups in total. The summed E-state index contributed by atoms with van der Waals surface area (Å²) >= 11 is 3.45. The van der Waals surface area contributed by atoms with Crippen molar-refractivity contribution in [3.8, 4) is 0 Å². The Bertz CT molecular complexity index is 548. The highest BCUT2D eigenvalue weighted by Crippen LogP contribution is 2.20. The van der Waals surface area contributed by atoms with Gasteiger partial charge in [0.2, 0.25) is 5.91 Å². The van der Waals surface area contributed by atoms with E-state index in [0.717, 1.165) is 34.8 Å². The lowest BCUT2D eigenvalue weighted by Gasteiger charge is -2.07. The van der Waals surface area contributed by atoms with Crippen molar-refractivity contribution in [1.29, 1.82) is 0 Å². The van der Waals surface area contributed by atoms with E-state index in [9.17, 15) is 4.79 Å². The standard InChI is InChI=1S/C14H17BrN2O/c1-2-3-7-16-14(18)10-17-8-6-11-4-5-12(15)9-13(11)17/h4-6,8-9H,2-3,7,10H2,1H3,(H,16,18). The third-order valence-corrected chi connectivity index (χ3v) is 3.40. The molecule has 18 heavy (non-hydrogen) atoms. The first-order valence-corrected chi connectivity index (χ1v) is 7.01. The van der Waals surface area contributed by atoms with Crippen LogP contribution in [0.4, 0.5) is 0 Å². The molecule has 0 saturated carbocycles. The summed E-state index contributed by atoms with van der Waals surface area (Å²) in [5, 5.41) is 4.08. The Hall–Kier alpha value is -1.29. The Morgan fingerprint density at radius 3 is 3.00 bits per heavy atom. The first kappa shape index (κ1) is 13.1. The molecule has 1 heterocycles. The van der Waals surface area contributed by atoms with Crippen LogP contribution in [0.2, 0.25) is 0 Å². The molecule has 0 aliphatic carbocycles. The van der Waals surface area contributed by atoms with Crippen LogP contribution in [0.3, 0.4) is 0 Å². The second-order valence-corrected chi connectivity index (χ2v) is 5.27. The molecule has 0 aliphatic rings. The number of aromatic nitrogens is 1. The van der Waals surface area contributed by atoms with Crippen LogP contribution in [0.25, 0.3) is 10.9 Å². The zero-order valence-electron chi connectivity index (χ0n) is 10.4. The number of carbonyl (C=O) groups excluding carboxylic acids is 1. The molecule has 0 radical (unpaired) electrons. The molecule has 0 spiro atoms. The number of benzene rings is 1. The van der Waals surface area contributed by atoms with Crippen molar-refractivity contribution in [3.63, 3.8) is 0 Å². The van der Waals surface area contributed by atoms with Crippen molar-refractivity contribution in [2.24, 2.45) is 0 Å². The van der Waals surface area contributed by atoms with E-state index in [1.807, 2.05) is 35.0 Å². The lowest BCUT2D eigenvalue weighted by Crippen LogP contribution is -2.28. The molecule has 0 bridgehead atoms. The van der Waals surface area contributed by atoms with Crippen LogP contribution in [-0.2, 0) is 11.3 Å². The Kier molecular flexibility index (Phi) is 4.42. The van der Waals surface area contributed by atoms with Gasteiger partial charge in [0, 0.05) is 22.7 Å². The molecule has 2 aromatic rings. The highest BCUT2D eigenvalue weighted by Gasteiger charge is 2.06. The van der Waals surface area contributed by atoms with Gasteiger partial charge in [-0.1, -0.05) is 35.3 Å². The van der Waals surface area contributed by atoms with Crippen molar-refractivity contribution >= 4 is 32.7 Å². The molecule has 1 aromatic heterocycles. The van der Waals surface area contributed by atoms with E-state index in [4.69, 9.17) is 0 Å². The fourth-order valence-electron chi connectivity index (χ4n) is 1.91. The third kappa shape index (κ3) is 3.13. The Balaban J connectivity index is 2.07. The molecule has 0 fully saturated rings. The summed E-state index contributed by atoms with van der Waals surface area (Å²) in [5.41, 5.74) is 1.08. The lowest BCUT2D eigenvalue weighted by molar-refractivity contribution is -0.121. The molecular weight excluding hydrogens is 292 g/mol. The van der Waals surface area contributed by atoms with Crippen LogP contribution in [-0.4, -0.2) is 17.0 Å². The monoisotopic (exact) mass is 308 g/mol. The maximum absolute atomic E-state index is 11.8. The smallest absolute Gasteiger partial charge is 0.239 e. The van der Waals surface area contributed by atoms with E-state index in [1.165, 1.54) is 0 Å². The highest BCUT2D eigenvalue weighted by atomic mass is 79.9. The third-order valence-electron chi connectivity index (χ3n) is 2.90. The number of nitrogens with zero attached hydrogens (tertiary/aromatic N) is 1. The average molecular weight is 309 g/mol. The van der Waals surface area contributed by atoms with Crippen molar-refractivity contribution in [2.45, 2.75) is 26.3 Å². The van der Waals surface area contributed by atoms with E-state index < -0.39 is 0 Å². The Morgan fingerprint density at radius 1 is 1.39 bits per heavy atom. The van der Waals surface area contributed by atoms with E-state index in [2.05, 4.69) is 28.2 Å². The molecule has 0 unspecified atom stereocenters. The minimum atomic E-state index is 0.0703. The van der Waals surface area contributed by atoms with Crippen molar-refractivity contribution in [2.75, 3.05) is 6.54 Å². The quantitative estimate of drug-likeness (QED) is 0.845. The summed E-state index contributed by atoms with van der Waals surface area (Å²) in [4.78, 5) is 11.8. The van der Waals surface area contributed by atoms with Gasteiger partial charge in [-0.05, 0) is 30.0 Å². The number of halogens is 1. The van der Waals surface area contributed by atoms with Crippen LogP contribution in [0, 0.1) is 0 Å². The van der Waals surface area contributed by atoms with Crippen molar-refractivity contribution < 1.29 is 4.79 Å². The molecule has 0 atom stereocenters. The maximum Gasteiger partial charge on any atom is 0.239 e. The molecule has 4 heteroatoms. The van der Waals surface area contributed by atoms with Crippen LogP contribution >= 0.6 is 15.9 Å². The van der Waals surface area contributed by atoms with Gasteiger partial charge in [-0.2, -0.15) is 0 Å². The Labute approximate surface area is 115 Å². The molecule has 1 amide bonds. The zero-order valence-corrected chi connectivity index (χ0v) is 12.0. The maximum atomic E-state index is 11.8. The number of carbonyl (C=O) groups is 1. The molecule has 0 saturated heterocycles. The molecule has 2 rings (SSSR count). The fraction of sp³-hybridized carbons (Fsp3) is 0.357. The number of rotatable bonds is 5. The predicted molar refractivity (Wildman–Crippen MR) is 77.6 cm³/mol. The summed E-state index contributed by atoms with van der Waals surface area (Å²) in [6, 6.07) is 8.12. The summed E-state index contributed by atoms with van der Waals surface area (Å²) in [6.07, 6.45) is 4.08. The number of hydrogen-bond acceptors (Lipinski definition) is 1. The van der Waals surface area contributed by atoms with E-state index in [0.29, 0.717) is 6.54 Å². The largest absolute Gasteiger partial charge is 0.355 e. The number of fused-ring (bicyclic) bond motifs is 1. The van der Waals surface area contributed by atoms with E-state index in [1.54, 1.807) is 0 Å². The van der Waals surface area contributed by atoms with Crippen molar-refractivity contribution in [3.05, 3.63) is 34.9 Å². The predicted octanol–water partition coefficient (Wildman–Crippen LogP) is 3.32. The van der Waals surface area contributed by atoms with Crippen molar-refractivity contribution in [1.82, 2.24) is 9.88 Å². The lowest BCUT2D eigenvalue weighted by atomic mass is 10.2. The van der Waals surface area contributed by atoms with Crippen LogP contribution < -0.4 is 5.32 Å². The topological polar surface area (TPSA) is 34.0 Å². The second kappa shape index (κ2) is 6.05. The molecule has 3 nitrogen and oxygen atoms in total. The van der Waals surface area contributed by atoms with Gasteiger partial charge < -0.3 is 9.88 Å². The van der Waals surface area contributed by atoms with Gasteiger partial charge >= 0.3 is 0 Å². The normalized spacial score (nSPS) is 10.8. The molecular formula is C14H17BrN2O. The average Bonchev–Trinajstić information content (AvgIpc) is 2.72. The fourth-order valence-corrected chi connectivity index (χ4v) is 2.26. The van der Waals surface area contributed by atoms with Gasteiger partial charge in [-0.15, -0.1) is 0 Å². The molecule has 0 aliphatic heterocycles. The number of unbranched alkanes of at least 4 members (excludes halogenated alkanes) is 1. The SMILES string of the molecule is CCCCNC(=O)Cn1ccc2ccc(Br)cc21. The summed E-state index contributed by atoms with van der Waals surface area (Å²) < 4.78 is 3.00. The van der Waals surface area contributed by atoms with Crippen LogP contribution in [0.1, 0.15) is 19.8 Å². The van der Waals surface area contributed by atoms with Gasteiger partial charge in [-0.3, -0.25) is 4.79 Å². The summed E-state index contributed by atoms with van der Waals surface area (Å²) in [7, 11) is 0. The van der Waals surface area contributed by atoms with E-state index in [-0.39, 0.29) is 5.91 Å². The molecule has 96 valence electrons. The number of hydrogen-bond donors (Lipinski definition) is 1. The summed E-state index contributed by atoms with van der Waals surface area (Å²) in [5.74, 6) is 0.0703. The van der Waals surface area contributed by atoms with Gasteiger partial charge in [-0.25, -0.2) is 0 Å². The highest BCUT2D eigenvalue weighted by molar-refractivity contribution is 9.10. The number of nitrogens with one attached hydrogen (secondary N) is 1. The van der Waals surface area contributed by atoms with Gasteiger partial charge in [0.25, 0.3) is 0 Å². The van der Waals surface area contributed by atoms with Gasteiger partial charge in [0.05, 0.1) is 0 Å². The second-order valence-electron chi connectivity index (χ2n) is 4.35. The van der Waals surface area contributed by atoms with Gasteiger partial charge in [0.1, 0.15) is 6.54 Å². The first-order chi connectivity index (χ1) is 8.70. The molecule has 1 aromatic carbocycles. The minimum absolute atomic E-state index is 0.0703. The van der Waals surface area contributed by atoms with Crippen LogP contribution in [0.15, 0.2) is 34.9 Å². The van der Waals surface area contributed by atoms with Crippen LogP contribution in [0.5, 0.6) is 0 Å².